The van der Waals surface area contributed by atoms with Gasteiger partial charge in [0, 0.05) is 39.3 Å². The first-order chi connectivity index (χ1) is 8.67. The number of unbranched alkanes of at least 4 members (excludes halogenated alkanes) is 1. The number of hydrogen-bond donors (Lipinski definition) is 1. The van der Waals surface area contributed by atoms with Crippen molar-refractivity contribution >= 4 is 5.97 Å². The smallest absolute Gasteiger partial charge is 0.306 e. The fraction of sp³-hybridized carbons (Fsp3) is 0.929. The molecule has 3 rings (SSSR count). The van der Waals surface area contributed by atoms with Crippen molar-refractivity contribution in [2.45, 2.75) is 39.5 Å². The normalized spacial score (nSPS) is 27.2. The monoisotopic (exact) mass is 256 g/mol. The average Bonchev–Trinajstić information content (AvgIpc) is 2.42. The van der Waals surface area contributed by atoms with Crippen LogP contribution in [-0.4, -0.2) is 60.1 Å². The molecule has 3 aliphatic rings. The van der Waals surface area contributed by atoms with Gasteiger partial charge >= 0.3 is 5.97 Å². The molecule has 106 valence electrons. The second-order valence-corrected chi connectivity index (χ2v) is 5.27. The van der Waals surface area contributed by atoms with Gasteiger partial charge in [0.15, 0.2) is 0 Å². The number of rotatable bonds is 5. The molecule has 0 spiro atoms. The first-order valence-corrected chi connectivity index (χ1v) is 7.34. The van der Waals surface area contributed by atoms with Crippen molar-refractivity contribution in [3.8, 4) is 0 Å². The van der Waals surface area contributed by atoms with E-state index in [1.807, 2.05) is 6.92 Å². The zero-order chi connectivity index (χ0) is 13.4. The van der Waals surface area contributed by atoms with Crippen LogP contribution in [0.2, 0.25) is 0 Å². The first-order valence-electron chi connectivity index (χ1n) is 7.34. The quantitative estimate of drug-likeness (QED) is 0.816. The zero-order valence-corrected chi connectivity index (χ0v) is 11.9. The minimum absolute atomic E-state index is 0.111. The van der Waals surface area contributed by atoms with Gasteiger partial charge in [-0.3, -0.25) is 14.6 Å². The van der Waals surface area contributed by atoms with Gasteiger partial charge in [0.2, 0.25) is 0 Å². The summed E-state index contributed by atoms with van der Waals surface area (Å²) in [6.45, 7) is 11.9. The van der Waals surface area contributed by atoms with Gasteiger partial charge in [-0.2, -0.15) is 0 Å². The van der Waals surface area contributed by atoms with Crippen molar-refractivity contribution in [3.63, 3.8) is 0 Å². The summed E-state index contributed by atoms with van der Waals surface area (Å²) in [5.41, 5.74) is 0. The van der Waals surface area contributed by atoms with Crippen LogP contribution in [-0.2, 0) is 4.79 Å². The van der Waals surface area contributed by atoms with E-state index in [1.54, 1.807) is 0 Å². The fourth-order valence-electron chi connectivity index (χ4n) is 2.47. The number of piperazine rings is 3. The van der Waals surface area contributed by atoms with E-state index in [0.29, 0.717) is 0 Å². The summed E-state index contributed by atoms with van der Waals surface area (Å²) in [6.07, 6.45) is 3.71. The molecule has 1 N–H and O–H groups in total. The van der Waals surface area contributed by atoms with Gasteiger partial charge in [-0.05, 0) is 12.8 Å². The van der Waals surface area contributed by atoms with E-state index in [4.69, 9.17) is 5.11 Å². The number of fused-ring (bicyclic) bond motifs is 3. The molecule has 3 fully saturated rings. The average molecular weight is 256 g/mol. The van der Waals surface area contributed by atoms with E-state index in [9.17, 15) is 4.79 Å². The van der Waals surface area contributed by atoms with Crippen molar-refractivity contribution in [1.29, 1.82) is 0 Å². The molecule has 0 aliphatic carbocycles. The summed E-state index contributed by atoms with van der Waals surface area (Å²) in [5, 5.41) is 8.60. The Hall–Kier alpha value is -0.610. The molecule has 18 heavy (non-hydrogen) atoms. The Balaban J connectivity index is 0.000000182. The van der Waals surface area contributed by atoms with Crippen molar-refractivity contribution in [3.05, 3.63) is 0 Å². The molecule has 0 unspecified atom stereocenters. The Bertz CT molecular complexity index is 215. The molecular weight excluding hydrogens is 228 g/mol. The molecule has 3 aliphatic heterocycles. The minimum atomic E-state index is -0.643. The van der Waals surface area contributed by atoms with Gasteiger partial charge in [-0.15, -0.1) is 0 Å². The highest BCUT2D eigenvalue weighted by molar-refractivity contribution is 5.69. The molecule has 0 saturated carbocycles. The summed E-state index contributed by atoms with van der Waals surface area (Å²) in [7, 11) is 0. The second-order valence-electron chi connectivity index (χ2n) is 5.27. The summed E-state index contributed by atoms with van der Waals surface area (Å²) in [5.74, 6) is -0.754. The zero-order valence-electron chi connectivity index (χ0n) is 11.9. The fourth-order valence-corrected chi connectivity index (χ4v) is 2.47. The Kier molecular flexibility index (Phi) is 7.28. The molecule has 0 radical (unpaired) electrons. The lowest BCUT2D eigenvalue weighted by Gasteiger charge is -2.41. The highest BCUT2D eigenvalue weighted by atomic mass is 16.4. The number of nitrogens with zero attached hydrogens (tertiary/aromatic N) is 2. The van der Waals surface area contributed by atoms with Crippen molar-refractivity contribution < 1.29 is 9.90 Å². The molecule has 1 atom stereocenters. The van der Waals surface area contributed by atoms with E-state index in [0.717, 1.165) is 25.7 Å². The summed E-state index contributed by atoms with van der Waals surface area (Å²) < 4.78 is 0. The third-order valence-electron chi connectivity index (χ3n) is 3.95. The molecule has 4 nitrogen and oxygen atoms in total. The molecule has 3 heterocycles. The van der Waals surface area contributed by atoms with Crippen LogP contribution in [0.3, 0.4) is 0 Å². The van der Waals surface area contributed by atoms with Gasteiger partial charge in [0.1, 0.15) is 0 Å². The Morgan fingerprint density at radius 3 is 1.72 bits per heavy atom. The van der Waals surface area contributed by atoms with Crippen LogP contribution in [0.25, 0.3) is 0 Å². The third-order valence-corrected chi connectivity index (χ3v) is 3.95. The SMILES string of the molecule is C1CN2CCN1CC2.CCCC[C@@H](CC)C(=O)O. The Morgan fingerprint density at radius 1 is 1.06 bits per heavy atom. The van der Waals surface area contributed by atoms with E-state index in [1.165, 1.54) is 39.3 Å². The predicted octanol–water partition coefficient (Wildman–Crippen LogP) is 1.90. The molecule has 0 aromatic rings. The van der Waals surface area contributed by atoms with Crippen molar-refractivity contribution in [1.82, 2.24) is 9.80 Å². The molecule has 3 saturated heterocycles. The maximum absolute atomic E-state index is 10.4. The van der Waals surface area contributed by atoms with Crippen molar-refractivity contribution in [2.75, 3.05) is 39.3 Å². The molecular formula is C14H28N2O2. The number of aliphatic carboxylic acids is 1. The van der Waals surface area contributed by atoms with Crippen LogP contribution >= 0.6 is 0 Å². The second kappa shape index (κ2) is 8.48. The van der Waals surface area contributed by atoms with Gasteiger partial charge in [-0.1, -0.05) is 26.7 Å². The van der Waals surface area contributed by atoms with E-state index < -0.39 is 5.97 Å². The van der Waals surface area contributed by atoms with Crippen LogP contribution in [0, 0.1) is 5.92 Å². The molecule has 0 amide bonds. The lowest BCUT2D eigenvalue weighted by molar-refractivity contribution is -0.142. The van der Waals surface area contributed by atoms with Crippen LogP contribution < -0.4 is 0 Å². The van der Waals surface area contributed by atoms with E-state index >= 15 is 0 Å². The van der Waals surface area contributed by atoms with Gasteiger partial charge in [-0.25, -0.2) is 0 Å². The Labute approximate surface area is 111 Å². The summed E-state index contributed by atoms with van der Waals surface area (Å²) >= 11 is 0. The maximum Gasteiger partial charge on any atom is 0.306 e. The number of carboxylic acids is 1. The highest BCUT2D eigenvalue weighted by Crippen LogP contribution is 2.11. The highest BCUT2D eigenvalue weighted by Gasteiger charge is 2.21. The molecule has 2 bridgehead atoms. The number of carboxylic acid groups (broad SMARTS) is 1. The Morgan fingerprint density at radius 2 is 1.50 bits per heavy atom. The van der Waals surface area contributed by atoms with Crippen LogP contribution in [0.1, 0.15) is 39.5 Å². The first kappa shape index (κ1) is 15.4. The molecule has 4 heteroatoms. The maximum atomic E-state index is 10.4. The van der Waals surface area contributed by atoms with Gasteiger partial charge in [0.25, 0.3) is 0 Å². The largest absolute Gasteiger partial charge is 0.481 e. The van der Waals surface area contributed by atoms with Crippen LogP contribution in [0.5, 0.6) is 0 Å². The standard InChI is InChI=1S/C8H16O2.C6H12N2/c1-3-5-6-7(4-2)8(9)10;1-2-8-5-3-7(1)4-6-8/h7H,3-6H2,1-2H3,(H,9,10);1-6H2/t7-;/m1./s1. The number of carbonyl (C=O) groups is 1. The van der Waals surface area contributed by atoms with E-state index in [2.05, 4.69) is 16.7 Å². The number of hydrogen-bond acceptors (Lipinski definition) is 3. The summed E-state index contributed by atoms with van der Waals surface area (Å²) in [6, 6.07) is 0. The predicted molar refractivity (Wildman–Crippen MR) is 73.8 cm³/mol. The van der Waals surface area contributed by atoms with Crippen LogP contribution in [0.15, 0.2) is 0 Å². The lowest BCUT2D eigenvalue weighted by Crippen LogP contribution is -2.55. The topological polar surface area (TPSA) is 43.8 Å². The summed E-state index contributed by atoms with van der Waals surface area (Å²) in [4.78, 5) is 15.5. The van der Waals surface area contributed by atoms with Crippen LogP contribution in [0.4, 0.5) is 0 Å². The third kappa shape index (κ3) is 5.36. The molecule has 0 aromatic heterocycles. The van der Waals surface area contributed by atoms with Crippen molar-refractivity contribution in [2.24, 2.45) is 5.92 Å². The lowest BCUT2D eigenvalue weighted by atomic mass is 10.00. The van der Waals surface area contributed by atoms with Gasteiger partial charge in [0.05, 0.1) is 5.92 Å². The van der Waals surface area contributed by atoms with E-state index in [-0.39, 0.29) is 5.92 Å². The minimum Gasteiger partial charge on any atom is -0.481 e. The van der Waals surface area contributed by atoms with Gasteiger partial charge < -0.3 is 5.11 Å². The molecule has 0 aromatic carbocycles.